The van der Waals surface area contributed by atoms with Crippen LogP contribution in [0.1, 0.15) is 30.3 Å². The molecule has 0 unspecified atom stereocenters. The molecule has 1 fully saturated rings. The Morgan fingerprint density at radius 3 is 2.54 bits per heavy atom. The number of hydrogen-bond donors (Lipinski definition) is 0. The lowest BCUT2D eigenvalue weighted by Crippen LogP contribution is -2.37. The SMILES string of the molecule is COc1ccc(S(=O)(=O)N2CCC(c3nc(C)n4ccsc34)CC2)cc1. The van der Waals surface area contributed by atoms with Crippen molar-refractivity contribution >= 4 is 26.2 Å². The van der Waals surface area contributed by atoms with E-state index in [1.807, 2.05) is 13.1 Å². The van der Waals surface area contributed by atoms with E-state index in [1.165, 1.54) is 4.83 Å². The molecule has 1 aromatic carbocycles. The van der Waals surface area contributed by atoms with E-state index in [1.54, 1.807) is 47.0 Å². The topological polar surface area (TPSA) is 63.9 Å². The first kappa shape index (κ1) is 17.5. The Morgan fingerprint density at radius 1 is 1.19 bits per heavy atom. The summed E-state index contributed by atoms with van der Waals surface area (Å²) in [7, 11) is -1.90. The number of imidazole rings is 1. The Morgan fingerprint density at radius 2 is 1.88 bits per heavy atom. The van der Waals surface area contributed by atoms with Crippen molar-refractivity contribution in [2.24, 2.45) is 0 Å². The van der Waals surface area contributed by atoms with E-state index in [0.29, 0.717) is 29.7 Å². The Labute approximate surface area is 157 Å². The van der Waals surface area contributed by atoms with Crippen LogP contribution in [-0.2, 0) is 10.0 Å². The number of piperidine rings is 1. The molecule has 1 aliphatic heterocycles. The van der Waals surface area contributed by atoms with Crippen LogP contribution in [0.3, 0.4) is 0 Å². The number of hydrogen-bond acceptors (Lipinski definition) is 5. The zero-order valence-corrected chi connectivity index (χ0v) is 16.4. The number of methoxy groups -OCH3 is 1. The summed E-state index contributed by atoms with van der Waals surface area (Å²) in [6.45, 7) is 3.04. The number of rotatable bonds is 4. The summed E-state index contributed by atoms with van der Waals surface area (Å²) in [5.74, 6) is 1.95. The second-order valence-corrected chi connectivity index (χ2v) is 9.31. The van der Waals surface area contributed by atoms with Crippen molar-refractivity contribution in [3.63, 3.8) is 0 Å². The first-order valence-electron chi connectivity index (χ1n) is 8.57. The monoisotopic (exact) mass is 391 g/mol. The second kappa shape index (κ2) is 6.68. The third-order valence-corrected chi connectivity index (χ3v) is 7.80. The molecule has 8 heteroatoms. The molecule has 0 amide bonds. The summed E-state index contributed by atoms with van der Waals surface area (Å²) in [4.78, 5) is 6.22. The van der Waals surface area contributed by atoms with Crippen LogP contribution in [-0.4, -0.2) is 42.3 Å². The van der Waals surface area contributed by atoms with E-state index >= 15 is 0 Å². The van der Waals surface area contributed by atoms with Crippen LogP contribution in [0.5, 0.6) is 5.75 Å². The lowest BCUT2D eigenvalue weighted by molar-refractivity contribution is 0.318. The van der Waals surface area contributed by atoms with Gasteiger partial charge in [0.15, 0.2) is 0 Å². The predicted octanol–water partition coefficient (Wildman–Crippen LogP) is 3.28. The molecule has 26 heavy (non-hydrogen) atoms. The van der Waals surface area contributed by atoms with Crippen molar-refractivity contribution in [3.8, 4) is 5.75 Å². The molecule has 0 radical (unpaired) electrons. The first-order valence-corrected chi connectivity index (χ1v) is 10.9. The number of sulfonamides is 1. The molecule has 3 heterocycles. The average molecular weight is 392 g/mol. The smallest absolute Gasteiger partial charge is 0.243 e. The zero-order chi connectivity index (χ0) is 18.3. The maximum atomic E-state index is 12.9. The van der Waals surface area contributed by atoms with Gasteiger partial charge >= 0.3 is 0 Å². The molecule has 0 aliphatic carbocycles. The number of benzene rings is 1. The minimum atomic E-state index is -3.46. The highest BCUT2D eigenvalue weighted by Gasteiger charge is 2.31. The van der Waals surface area contributed by atoms with Crippen molar-refractivity contribution in [2.75, 3.05) is 20.2 Å². The van der Waals surface area contributed by atoms with Gasteiger partial charge in [-0.3, -0.25) is 4.40 Å². The number of ether oxygens (including phenoxy) is 1. The van der Waals surface area contributed by atoms with Crippen LogP contribution >= 0.6 is 11.3 Å². The molecule has 138 valence electrons. The van der Waals surface area contributed by atoms with Gasteiger partial charge in [-0.2, -0.15) is 4.31 Å². The minimum Gasteiger partial charge on any atom is -0.497 e. The predicted molar refractivity (Wildman–Crippen MR) is 102 cm³/mol. The Kier molecular flexibility index (Phi) is 4.50. The van der Waals surface area contributed by atoms with E-state index in [9.17, 15) is 8.42 Å². The van der Waals surface area contributed by atoms with Crippen LogP contribution in [0.15, 0.2) is 40.7 Å². The fourth-order valence-corrected chi connectivity index (χ4v) is 5.95. The molecule has 0 atom stereocenters. The van der Waals surface area contributed by atoms with E-state index in [0.717, 1.165) is 24.4 Å². The number of aromatic nitrogens is 2. The second-order valence-electron chi connectivity index (χ2n) is 6.48. The third-order valence-electron chi connectivity index (χ3n) is 5.00. The van der Waals surface area contributed by atoms with E-state index in [-0.39, 0.29) is 0 Å². The molecule has 4 rings (SSSR count). The average Bonchev–Trinajstić information content (AvgIpc) is 3.26. The van der Waals surface area contributed by atoms with Crippen LogP contribution in [0.25, 0.3) is 4.83 Å². The maximum Gasteiger partial charge on any atom is 0.243 e. The van der Waals surface area contributed by atoms with Gasteiger partial charge in [0.2, 0.25) is 10.0 Å². The zero-order valence-electron chi connectivity index (χ0n) is 14.8. The molecule has 1 saturated heterocycles. The number of aryl methyl sites for hydroxylation is 1. The highest BCUT2D eigenvalue weighted by molar-refractivity contribution is 7.89. The van der Waals surface area contributed by atoms with Crippen molar-refractivity contribution in [1.29, 1.82) is 0 Å². The van der Waals surface area contributed by atoms with Crippen molar-refractivity contribution in [2.45, 2.75) is 30.6 Å². The lowest BCUT2D eigenvalue weighted by Gasteiger charge is -2.30. The van der Waals surface area contributed by atoms with Gasteiger partial charge in [-0.15, -0.1) is 11.3 Å². The lowest BCUT2D eigenvalue weighted by atomic mass is 9.95. The van der Waals surface area contributed by atoms with Gasteiger partial charge in [0, 0.05) is 30.6 Å². The maximum absolute atomic E-state index is 12.9. The van der Waals surface area contributed by atoms with Gasteiger partial charge in [0.05, 0.1) is 17.7 Å². The largest absolute Gasteiger partial charge is 0.497 e. The van der Waals surface area contributed by atoms with Crippen LogP contribution < -0.4 is 4.74 Å². The van der Waals surface area contributed by atoms with Crippen molar-refractivity contribution in [1.82, 2.24) is 13.7 Å². The van der Waals surface area contributed by atoms with Gasteiger partial charge < -0.3 is 4.74 Å². The van der Waals surface area contributed by atoms with Gasteiger partial charge in [0.25, 0.3) is 0 Å². The summed E-state index contributed by atoms with van der Waals surface area (Å²) in [5, 5.41) is 2.07. The normalized spacial score (nSPS) is 17.0. The molecule has 6 nitrogen and oxygen atoms in total. The molecule has 3 aromatic rings. The molecule has 2 aromatic heterocycles. The van der Waals surface area contributed by atoms with E-state index in [2.05, 4.69) is 9.78 Å². The van der Waals surface area contributed by atoms with Crippen LogP contribution in [0.2, 0.25) is 0 Å². The molecule has 0 spiro atoms. The van der Waals surface area contributed by atoms with Gasteiger partial charge in [-0.05, 0) is 44.0 Å². The third kappa shape index (κ3) is 2.91. The summed E-state index contributed by atoms with van der Waals surface area (Å²) >= 11 is 1.69. The molecular weight excluding hydrogens is 370 g/mol. The van der Waals surface area contributed by atoms with Crippen LogP contribution in [0.4, 0.5) is 0 Å². The number of fused-ring (bicyclic) bond motifs is 1. The van der Waals surface area contributed by atoms with Crippen LogP contribution in [0, 0.1) is 6.92 Å². The Balaban J connectivity index is 1.51. The standard InChI is InChI=1S/C18H21N3O3S2/c1-13-19-17(18-21(13)11-12-25-18)14-7-9-20(10-8-14)26(22,23)16-5-3-15(24-2)4-6-16/h3-6,11-12,14H,7-10H2,1-2H3. The highest BCUT2D eigenvalue weighted by atomic mass is 32.2. The van der Waals surface area contributed by atoms with Gasteiger partial charge in [-0.1, -0.05) is 0 Å². The molecular formula is C18H21N3O3S2. The summed E-state index contributed by atoms with van der Waals surface area (Å²) < 4.78 is 34.5. The fourth-order valence-electron chi connectivity index (χ4n) is 3.53. The van der Waals surface area contributed by atoms with E-state index < -0.39 is 10.0 Å². The quantitative estimate of drug-likeness (QED) is 0.685. The Hall–Kier alpha value is -1.90. The summed E-state index contributed by atoms with van der Waals surface area (Å²) in [6, 6.07) is 6.57. The van der Waals surface area contributed by atoms with E-state index in [4.69, 9.17) is 9.72 Å². The van der Waals surface area contributed by atoms with Gasteiger partial charge in [0.1, 0.15) is 16.4 Å². The number of thiazole rings is 1. The highest BCUT2D eigenvalue weighted by Crippen LogP contribution is 2.34. The fraction of sp³-hybridized carbons (Fsp3) is 0.389. The summed E-state index contributed by atoms with van der Waals surface area (Å²) in [6.07, 6.45) is 3.62. The summed E-state index contributed by atoms with van der Waals surface area (Å²) in [5.41, 5.74) is 1.11. The number of nitrogens with zero attached hydrogens (tertiary/aromatic N) is 3. The molecule has 0 N–H and O–H groups in total. The molecule has 0 bridgehead atoms. The molecule has 0 saturated carbocycles. The van der Waals surface area contributed by atoms with Crippen molar-refractivity contribution < 1.29 is 13.2 Å². The Bertz CT molecular complexity index is 1010. The first-order chi connectivity index (χ1) is 12.5. The van der Waals surface area contributed by atoms with Crippen molar-refractivity contribution in [3.05, 3.63) is 47.4 Å². The van der Waals surface area contributed by atoms with Gasteiger partial charge in [-0.25, -0.2) is 13.4 Å². The molecule has 1 aliphatic rings. The minimum absolute atomic E-state index is 0.305.